The third-order valence-electron chi connectivity index (χ3n) is 12.5. The highest BCUT2D eigenvalue weighted by Crippen LogP contribution is 2.45. The first-order chi connectivity index (χ1) is 30.2. The largest absolute Gasteiger partial charge is 0.487 e. The number of anilines is 6. The minimum absolute atomic E-state index is 0.0345. The Hall–Kier alpha value is -7.70. The van der Waals surface area contributed by atoms with Gasteiger partial charge in [-0.2, -0.15) is 0 Å². The van der Waals surface area contributed by atoms with Crippen molar-refractivity contribution in [2.24, 2.45) is 0 Å². The maximum absolute atomic E-state index is 7.44. The molecule has 2 aliphatic heterocycles. The van der Waals surface area contributed by atoms with Gasteiger partial charge in [-0.3, -0.25) is 0 Å². The molecule has 1 aromatic heterocycles. The summed E-state index contributed by atoms with van der Waals surface area (Å²) in [5.74, 6) is 2.57. The van der Waals surface area contributed by atoms with Crippen molar-refractivity contribution in [3.63, 3.8) is 0 Å². The molecule has 0 fully saturated rings. The van der Waals surface area contributed by atoms with Crippen LogP contribution in [0.1, 0.15) is 5.56 Å². The maximum atomic E-state index is 7.44. The van der Waals surface area contributed by atoms with Gasteiger partial charge in [-0.1, -0.05) is 115 Å². The molecule has 5 nitrogen and oxygen atoms in total. The van der Waals surface area contributed by atoms with Crippen LogP contribution in [0.5, 0.6) is 11.5 Å². The van der Waals surface area contributed by atoms with Gasteiger partial charge in [-0.15, -0.1) is 0 Å². The second kappa shape index (κ2) is 14.2. The quantitative estimate of drug-likeness (QED) is 0.151. The van der Waals surface area contributed by atoms with Gasteiger partial charge in [0.05, 0.1) is 10.9 Å². The Morgan fingerprint density at radius 1 is 0.492 bits per heavy atom. The molecule has 0 spiro atoms. The predicted octanol–water partition coefficient (Wildman–Crippen LogP) is 10.6. The number of rotatable bonds is 7. The van der Waals surface area contributed by atoms with E-state index in [9.17, 15) is 0 Å². The molecule has 61 heavy (non-hydrogen) atoms. The average Bonchev–Trinajstić information content (AvgIpc) is 3.64. The molecule has 12 rings (SSSR count). The van der Waals surface area contributed by atoms with Crippen LogP contribution in [0.2, 0.25) is 5.82 Å². The smallest absolute Gasteiger partial charge is 0.234 e. The lowest BCUT2D eigenvalue weighted by molar-refractivity contribution is 0.250. The van der Waals surface area contributed by atoms with Crippen molar-refractivity contribution >= 4 is 74.5 Å². The molecular weight excluding hydrogens is 745 g/mol. The standard InChI is InChI=1S/C55H40BN3O2/c1-37-27-32-49-45(33-37)46-36-52-53-55(54(46)59(49)42-25-15-6-16-26-42)61-51-35-44(58(40-21-11-4-12-22-40)41-23-13-5-14-24-41)29-31-48(51)56(53)47-30-28-43(34-50(47)60-52)57(38-17-7-2-8-18-38)39-19-9-3-10-20-39/h2-36,52-53H,1H3. The molecule has 290 valence electrons. The van der Waals surface area contributed by atoms with E-state index in [1.54, 1.807) is 0 Å². The molecule has 1 aliphatic carbocycles. The fraction of sp³-hybridized carbons (Fsp3) is 0.0545. The highest BCUT2D eigenvalue weighted by molar-refractivity contribution is 6.89. The zero-order chi connectivity index (χ0) is 40.4. The number of aromatic nitrogens is 1. The van der Waals surface area contributed by atoms with Gasteiger partial charge in [0, 0.05) is 68.4 Å². The average molecular weight is 786 g/mol. The first-order valence-electron chi connectivity index (χ1n) is 21.0. The summed E-state index contributed by atoms with van der Waals surface area (Å²) in [4.78, 5) is 4.61. The second-order valence-corrected chi connectivity index (χ2v) is 16.1. The summed E-state index contributed by atoms with van der Waals surface area (Å²) in [5, 5.41) is 3.41. The Balaban J connectivity index is 1.11. The number of fused-ring (bicyclic) bond motifs is 7. The molecule has 0 radical (unpaired) electrons. The van der Waals surface area contributed by atoms with Crippen LogP contribution in [0, 0.1) is 6.92 Å². The van der Waals surface area contributed by atoms with Gasteiger partial charge in [-0.05, 0) is 109 Å². The number of nitrogens with zero attached hydrogens (tertiary/aromatic N) is 3. The van der Waals surface area contributed by atoms with Crippen LogP contribution < -0.4 is 40.8 Å². The summed E-state index contributed by atoms with van der Waals surface area (Å²) < 4.78 is 17.1. The first-order valence-corrected chi connectivity index (χ1v) is 21.0. The molecule has 0 bridgehead atoms. The van der Waals surface area contributed by atoms with Crippen LogP contribution in [0.25, 0.3) is 28.4 Å². The second-order valence-electron chi connectivity index (χ2n) is 16.1. The number of hydrogen-bond donors (Lipinski definition) is 0. The van der Waals surface area contributed by atoms with Gasteiger partial charge in [0.25, 0.3) is 0 Å². The van der Waals surface area contributed by atoms with E-state index in [0.29, 0.717) is 0 Å². The summed E-state index contributed by atoms with van der Waals surface area (Å²) in [5.41, 5.74) is 12.1. The first kappa shape index (κ1) is 35.3. The third kappa shape index (κ3) is 5.78. The van der Waals surface area contributed by atoms with E-state index in [4.69, 9.17) is 9.47 Å². The van der Waals surface area contributed by atoms with Gasteiger partial charge in [0.2, 0.25) is 6.71 Å². The Morgan fingerprint density at radius 2 is 0.984 bits per heavy atom. The monoisotopic (exact) mass is 785 g/mol. The number of aryl methyl sites for hydroxylation is 1. The van der Waals surface area contributed by atoms with Crippen molar-refractivity contribution in [3.05, 3.63) is 222 Å². The Bertz CT molecular complexity index is 3150. The van der Waals surface area contributed by atoms with E-state index in [2.05, 4.69) is 234 Å². The van der Waals surface area contributed by atoms with E-state index in [1.165, 1.54) is 10.9 Å². The number of ether oxygens (including phenoxy) is 2. The van der Waals surface area contributed by atoms with Gasteiger partial charge in [0.15, 0.2) is 0 Å². The van der Waals surface area contributed by atoms with Crippen LogP contribution in [-0.4, -0.2) is 17.4 Å². The SMILES string of the molecule is Cc1ccc2c(c1)c1c(n2-c2ccccc2)=C2Oc3cc(N(c4ccccc4)c4ccccc4)ccc3B3c4ccc(N(c5ccccc5)c5ccccc5)cc4OC(C=1)C32. The van der Waals surface area contributed by atoms with E-state index in [1.807, 2.05) is 0 Å². The Labute approximate surface area is 355 Å². The third-order valence-corrected chi connectivity index (χ3v) is 12.5. The van der Waals surface area contributed by atoms with Crippen molar-refractivity contribution in [2.75, 3.05) is 9.80 Å². The van der Waals surface area contributed by atoms with Crippen LogP contribution in [0.3, 0.4) is 0 Å². The van der Waals surface area contributed by atoms with Crippen LogP contribution in [0.4, 0.5) is 34.1 Å². The molecule has 0 amide bonds. The van der Waals surface area contributed by atoms with E-state index in [-0.39, 0.29) is 18.6 Å². The van der Waals surface area contributed by atoms with Crippen LogP contribution in [0.15, 0.2) is 206 Å². The lowest BCUT2D eigenvalue weighted by atomic mass is 9.30. The number of benzene rings is 8. The van der Waals surface area contributed by atoms with Gasteiger partial charge in [0.1, 0.15) is 23.4 Å². The minimum Gasteiger partial charge on any atom is -0.487 e. The van der Waals surface area contributed by atoms with Crippen LogP contribution >= 0.6 is 0 Å². The van der Waals surface area contributed by atoms with Crippen molar-refractivity contribution in [2.45, 2.75) is 18.8 Å². The molecular formula is C55H40BN3O2. The lowest BCUT2D eigenvalue weighted by Gasteiger charge is -2.43. The van der Waals surface area contributed by atoms with Crippen molar-refractivity contribution in [1.29, 1.82) is 0 Å². The van der Waals surface area contributed by atoms with Gasteiger partial charge < -0.3 is 23.8 Å². The molecule has 0 saturated heterocycles. The van der Waals surface area contributed by atoms with Gasteiger partial charge in [-0.25, -0.2) is 0 Å². The molecule has 0 N–H and O–H groups in total. The fourth-order valence-electron chi connectivity index (χ4n) is 9.88. The van der Waals surface area contributed by atoms with Crippen molar-refractivity contribution in [3.8, 4) is 17.2 Å². The zero-order valence-corrected chi connectivity index (χ0v) is 33.6. The zero-order valence-electron chi connectivity index (χ0n) is 33.6. The summed E-state index contributed by atoms with van der Waals surface area (Å²) in [6.45, 7) is 2.13. The molecule has 3 heterocycles. The summed E-state index contributed by atoms with van der Waals surface area (Å²) in [7, 11) is 0. The van der Waals surface area contributed by atoms with E-state index >= 15 is 0 Å². The van der Waals surface area contributed by atoms with Crippen molar-refractivity contribution in [1.82, 2.24) is 4.57 Å². The normalized spacial score (nSPS) is 15.6. The topological polar surface area (TPSA) is 29.9 Å². The lowest BCUT2D eigenvalue weighted by Crippen LogP contribution is -2.61. The molecule has 2 unspecified atom stereocenters. The molecule has 3 aliphatic rings. The molecule has 2 atom stereocenters. The van der Waals surface area contributed by atoms with Crippen molar-refractivity contribution < 1.29 is 9.47 Å². The summed E-state index contributed by atoms with van der Waals surface area (Å²) in [6.07, 6.45) is 2.10. The highest BCUT2D eigenvalue weighted by Gasteiger charge is 2.50. The van der Waals surface area contributed by atoms with E-state index in [0.717, 1.165) is 84.1 Å². The summed E-state index contributed by atoms with van der Waals surface area (Å²) in [6, 6.07) is 73.3. The van der Waals surface area contributed by atoms with E-state index < -0.39 is 0 Å². The number of hydrogen-bond acceptors (Lipinski definition) is 4. The van der Waals surface area contributed by atoms with Gasteiger partial charge >= 0.3 is 0 Å². The molecule has 0 saturated carbocycles. The predicted molar refractivity (Wildman–Crippen MR) is 251 cm³/mol. The Kier molecular flexibility index (Phi) is 8.24. The molecule has 9 aromatic rings. The van der Waals surface area contributed by atoms with Crippen LogP contribution in [-0.2, 0) is 0 Å². The number of para-hydroxylation sites is 5. The minimum atomic E-state index is -0.273. The summed E-state index contributed by atoms with van der Waals surface area (Å²) >= 11 is 0. The highest BCUT2D eigenvalue weighted by atomic mass is 16.5. The molecule has 6 heteroatoms. The Morgan fingerprint density at radius 3 is 1.52 bits per heavy atom. The fourth-order valence-corrected chi connectivity index (χ4v) is 9.88. The maximum Gasteiger partial charge on any atom is 0.234 e. The molecule has 8 aromatic carbocycles.